The van der Waals surface area contributed by atoms with Crippen LogP contribution in [0.4, 0.5) is 5.82 Å². The number of aromatic nitrogens is 4. The van der Waals surface area contributed by atoms with Gasteiger partial charge in [0.25, 0.3) is 0 Å². The highest BCUT2D eigenvalue weighted by Crippen LogP contribution is 2.23. The van der Waals surface area contributed by atoms with Gasteiger partial charge in [-0.1, -0.05) is 5.16 Å². The Hall–Kier alpha value is -2.83. The molecule has 7 heteroatoms. The number of nitrogens with one attached hydrogen (secondary N) is 1. The Morgan fingerprint density at radius 2 is 2.21 bits per heavy atom. The summed E-state index contributed by atoms with van der Waals surface area (Å²) in [5, 5.41) is 10.5. The molecule has 7 nitrogen and oxygen atoms in total. The number of anilines is 1. The molecule has 4 rings (SSSR count). The summed E-state index contributed by atoms with van der Waals surface area (Å²) in [6.07, 6.45) is 9.12. The van der Waals surface area contributed by atoms with Gasteiger partial charge >= 0.3 is 0 Å². The average Bonchev–Trinajstić information content (AvgIpc) is 3.18. The monoisotopic (exact) mass is 254 g/mol. The van der Waals surface area contributed by atoms with Crippen molar-refractivity contribution in [2.24, 2.45) is 5.16 Å². The quantitative estimate of drug-likeness (QED) is 0.751. The second-order valence-electron chi connectivity index (χ2n) is 4.20. The van der Waals surface area contributed by atoms with Crippen LogP contribution in [-0.2, 0) is 4.84 Å². The lowest BCUT2D eigenvalue weighted by molar-refractivity contribution is 0.174. The molecule has 0 unspecified atom stereocenters. The van der Waals surface area contributed by atoms with Crippen molar-refractivity contribution in [1.82, 2.24) is 19.6 Å². The van der Waals surface area contributed by atoms with E-state index in [0.717, 1.165) is 22.6 Å². The van der Waals surface area contributed by atoms with Crippen molar-refractivity contribution in [2.45, 2.75) is 0 Å². The topological polar surface area (TPSA) is 70.8 Å². The van der Waals surface area contributed by atoms with E-state index in [1.807, 2.05) is 33.8 Å². The predicted octanol–water partition coefficient (Wildman–Crippen LogP) is 1.46. The zero-order chi connectivity index (χ0) is 12.7. The molecule has 0 saturated carbocycles. The van der Waals surface area contributed by atoms with E-state index in [4.69, 9.17) is 4.84 Å². The molecule has 0 aliphatic carbocycles. The fraction of sp³-hybridized carbons (Fsp3) is 0.0833. The molecule has 94 valence electrons. The number of aromatic amines is 1. The Morgan fingerprint density at radius 1 is 1.21 bits per heavy atom. The van der Waals surface area contributed by atoms with E-state index in [9.17, 15) is 0 Å². The van der Waals surface area contributed by atoms with Gasteiger partial charge in [-0.15, -0.1) is 0 Å². The summed E-state index contributed by atoms with van der Waals surface area (Å²) >= 11 is 0. The minimum atomic E-state index is 0.406. The Morgan fingerprint density at radius 3 is 3.00 bits per heavy atom. The highest BCUT2D eigenvalue weighted by Gasteiger charge is 2.14. The van der Waals surface area contributed by atoms with Crippen molar-refractivity contribution in [3.63, 3.8) is 0 Å². The first-order chi connectivity index (χ1) is 9.42. The molecule has 3 aromatic rings. The van der Waals surface area contributed by atoms with Gasteiger partial charge in [0.1, 0.15) is 17.8 Å². The van der Waals surface area contributed by atoms with Crippen molar-refractivity contribution in [1.29, 1.82) is 0 Å². The first-order valence-electron chi connectivity index (χ1n) is 5.80. The van der Waals surface area contributed by atoms with Crippen molar-refractivity contribution in [2.75, 3.05) is 11.6 Å². The minimum absolute atomic E-state index is 0.406. The molecule has 1 N–H and O–H groups in total. The van der Waals surface area contributed by atoms with Gasteiger partial charge in [-0.3, -0.25) is 14.4 Å². The molecule has 0 fully saturated rings. The molecule has 0 amide bonds. The van der Waals surface area contributed by atoms with Gasteiger partial charge in [0.2, 0.25) is 0 Å². The van der Waals surface area contributed by atoms with E-state index >= 15 is 0 Å². The zero-order valence-corrected chi connectivity index (χ0v) is 9.89. The summed E-state index contributed by atoms with van der Waals surface area (Å²) in [5.41, 5.74) is 2.98. The maximum atomic E-state index is 4.97. The lowest BCUT2D eigenvalue weighted by Gasteiger charge is -2.11. The van der Waals surface area contributed by atoms with Gasteiger partial charge in [0.05, 0.1) is 12.4 Å². The number of fused-ring (bicyclic) bond motifs is 1. The highest BCUT2D eigenvalue weighted by atomic mass is 16.6. The maximum Gasteiger partial charge on any atom is 0.196 e. The van der Waals surface area contributed by atoms with Gasteiger partial charge in [0, 0.05) is 23.5 Å². The molecule has 1 aliphatic rings. The van der Waals surface area contributed by atoms with Crippen molar-refractivity contribution < 1.29 is 4.84 Å². The van der Waals surface area contributed by atoms with Crippen LogP contribution in [0.1, 0.15) is 0 Å². The van der Waals surface area contributed by atoms with Gasteiger partial charge in [0.15, 0.2) is 6.73 Å². The Balaban J connectivity index is 1.87. The van der Waals surface area contributed by atoms with Crippen LogP contribution >= 0.6 is 0 Å². The molecule has 0 aromatic carbocycles. The summed E-state index contributed by atoms with van der Waals surface area (Å²) < 4.78 is 2.00. The molecule has 0 spiro atoms. The smallest absolute Gasteiger partial charge is 0.196 e. The SMILES string of the molecule is C1=NOCN1c1cnc2ccc(-c3cn[nH]c3)cn12. The predicted molar refractivity (Wildman–Crippen MR) is 69.7 cm³/mol. The number of nitrogens with zero attached hydrogens (tertiary/aromatic N) is 5. The summed E-state index contributed by atoms with van der Waals surface area (Å²) in [5.74, 6) is 0.918. The number of pyridine rings is 1. The molecule has 1 aliphatic heterocycles. The Labute approximate surface area is 108 Å². The second kappa shape index (κ2) is 3.84. The number of H-pyrrole nitrogens is 1. The number of hydrogen-bond acceptors (Lipinski definition) is 5. The lowest BCUT2D eigenvalue weighted by Crippen LogP contribution is -2.19. The molecule has 0 bridgehead atoms. The van der Waals surface area contributed by atoms with Crippen LogP contribution in [0.15, 0.2) is 42.1 Å². The fourth-order valence-corrected chi connectivity index (χ4v) is 2.10. The molecular formula is C12H10N6O. The zero-order valence-electron chi connectivity index (χ0n) is 9.89. The number of rotatable bonds is 2. The first kappa shape index (κ1) is 10.1. The summed E-state index contributed by atoms with van der Waals surface area (Å²) in [6.45, 7) is 0.406. The van der Waals surface area contributed by atoms with Crippen LogP contribution in [-0.4, -0.2) is 32.7 Å². The van der Waals surface area contributed by atoms with Crippen LogP contribution in [0.3, 0.4) is 0 Å². The summed E-state index contributed by atoms with van der Waals surface area (Å²) in [4.78, 5) is 11.2. The Bertz CT molecular complexity index is 745. The van der Waals surface area contributed by atoms with Crippen molar-refractivity contribution in [3.8, 4) is 11.1 Å². The van der Waals surface area contributed by atoms with Crippen LogP contribution in [0.2, 0.25) is 0 Å². The van der Waals surface area contributed by atoms with Crippen LogP contribution < -0.4 is 4.90 Å². The standard InChI is InChI=1S/C12H10N6O/c1-2-11-13-5-12(17-7-16-19-8-17)18(11)6-9(1)10-3-14-15-4-10/h1-7H,8H2,(H,14,15). The summed E-state index contributed by atoms with van der Waals surface area (Å²) in [7, 11) is 0. The molecule has 0 atom stereocenters. The first-order valence-corrected chi connectivity index (χ1v) is 5.80. The third kappa shape index (κ3) is 1.55. The van der Waals surface area contributed by atoms with E-state index in [2.05, 4.69) is 20.3 Å². The number of imidazole rings is 1. The maximum absolute atomic E-state index is 4.97. The number of hydrogen-bond donors (Lipinski definition) is 1. The third-order valence-corrected chi connectivity index (χ3v) is 3.07. The summed E-state index contributed by atoms with van der Waals surface area (Å²) in [6, 6.07) is 3.99. The van der Waals surface area contributed by atoms with Gasteiger partial charge in [-0.25, -0.2) is 4.98 Å². The molecule has 0 saturated heterocycles. The van der Waals surface area contributed by atoms with E-state index < -0.39 is 0 Å². The molecule has 3 aromatic heterocycles. The van der Waals surface area contributed by atoms with E-state index in [1.54, 1.807) is 18.7 Å². The van der Waals surface area contributed by atoms with E-state index in [0.29, 0.717) is 6.73 Å². The number of oxime groups is 1. The second-order valence-corrected chi connectivity index (χ2v) is 4.20. The van der Waals surface area contributed by atoms with E-state index in [-0.39, 0.29) is 0 Å². The molecule has 19 heavy (non-hydrogen) atoms. The van der Waals surface area contributed by atoms with E-state index in [1.165, 1.54) is 0 Å². The van der Waals surface area contributed by atoms with Crippen LogP contribution in [0.25, 0.3) is 16.8 Å². The normalized spacial score (nSPS) is 14.2. The largest absolute Gasteiger partial charge is 0.372 e. The molecule has 0 radical (unpaired) electrons. The average molecular weight is 254 g/mol. The molecular weight excluding hydrogens is 244 g/mol. The Kier molecular flexibility index (Phi) is 2.05. The highest BCUT2D eigenvalue weighted by molar-refractivity contribution is 5.79. The van der Waals surface area contributed by atoms with Crippen molar-refractivity contribution in [3.05, 3.63) is 36.9 Å². The van der Waals surface area contributed by atoms with Gasteiger partial charge in [-0.05, 0) is 12.1 Å². The van der Waals surface area contributed by atoms with Crippen molar-refractivity contribution >= 4 is 17.8 Å². The van der Waals surface area contributed by atoms with Crippen LogP contribution in [0, 0.1) is 0 Å². The van der Waals surface area contributed by atoms with Crippen LogP contribution in [0.5, 0.6) is 0 Å². The molecule has 4 heterocycles. The lowest BCUT2D eigenvalue weighted by atomic mass is 10.2. The van der Waals surface area contributed by atoms with Gasteiger partial charge < -0.3 is 4.84 Å². The third-order valence-electron chi connectivity index (χ3n) is 3.07. The minimum Gasteiger partial charge on any atom is -0.372 e. The van der Waals surface area contributed by atoms with Gasteiger partial charge in [-0.2, -0.15) is 5.10 Å². The fourth-order valence-electron chi connectivity index (χ4n) is 2.10.